The van der Waals surface area contributed by atoms with Crippen LogP contribution < -0.4 is 5.32 Å². The normalized spacial score (nSPS) is 18.0. The van der Waals surface area contributed by atoms with Gasteiger partial charge < -0.3 is 10.4 Å². The number of hydrogen-bond acceptors (Lipinski definition) is 4. The fourth-order valence-corrected chi connectivity index (χ4v) is 2.85. The summed E-state index contributed by atoms with van der Waals surface area (Å²) in [6.45, 7) is 0. The van der Waals surface area contributed by atoms with Crippen LogP contribution in [-0.2, 0) is 6.18 Å². The quantitative estimate of drug-likeness (QED) is 0.794. The number of aliphatic imine (C=N–C) groups is 1. The number of nitrogens with one attached hydrogen (secondary N) is 1. The molecule has 128 valence electrons. The summed E-state index contributed by atoms with van der Waals surface area (Å²) in [6, 6.07) is 10.8. The molecule has 8 heteroatoms. The molecule has 1 fully saturated rings. The van der Waals surface area contributed by atoms with Crippen LogP contribution >= 0.6 is 11.8 Å². The van der Waals surface area contributed by atoms with Crippen LogP contribution in [0.1, 0.15) is 11.1 Å². The number of hydrogen-bond donors (Lipinski definition) is 2. The molecule has 25 heavy (non-hydrogen) atoms. The predicted molar refractivity (Wildman–Crippen MR) is 90.7 cm³/mol. The minimum absolute atomic E-state index is 0.0873. The summed E-state index contributed by atoms with van der Waals surface area (Å²) < 4.78 is 38.4. The van der Waals surface area contributed by atoms with Gasteiger partial charge in [0.25, 0.3) is 5.24 Å². The lowest BCUT2D eigenvalue weighted by molar-refractivity contribution is -0.137. The number of benzene rings is 2. The molecule has 4 nitrogen and oxygen atoms in total. The summed E-state index contributed by atoms with van der Waals surface area (Å²) in [6.07, 6.45) is -2.80. The number of halogens is 3. The summed E-state index contributed by atoms with van der Waals surface area (Å²) in [7, 11) is 0. The van der Waals surface area contributed by atoms with Gasteiger partial charge in [-0.25, -0.2) is 4.99 Å². The van der Waals surface area contributed by atoms with Gasteiger partial charge in [-0.05, 0) is 53.7 Å². The van der Waals surface area contributed by atoms with Crippen LogP contribution in [0.4, 0.5) is 23.7 Å². The van der Waals surface area contributed by atoms with Crippen molar-refractivity contribution in [2.75, 3.05) is 0 Å². The van der Waals surface area contributed by atoms with Crippen LogP contribution in [0.3, 0.4) is 0 Å². The van der Waals surface area contributed by atoms with E-state index in [2.05, 4.69) is 10.3 Å². The van der Waals surface area contributed by atoms with E-state index in [4.69, 9.17) is 0 Å². The van der Waals surface area contributed by atoms with Crippen LogP contribution in [0, 0.1) is 0 Å². The Balaban J connectivity index is 1.95. The Labute approximate surface area is 145 Å². The number of phenols is 1. The molecule has 0 radical (unpaired) electrons. The molecule has 2 aromatic carbocycles. The number of thioether (sulfide) groups is 1. The zero-order chi connectivity index (χ0) is 18.0. The minimum Gasteiger partial charge on any atom is -0.508 e. The second-order valence-corrected chi connectivity index (χ2v) is 6.14. The highest BCUT2D eigenvalue weighted by Gasteiger charge is 2.30. The zero-order valence-corrected chi connectivity index (χ0v) is 13.4. The number of rotatable bonds is 2. The number of amides is 1. The van der Waals surface area contributed by atoms with Crippen molar-refractivity contribution in [3.63, 3.8) is 0 Å². The van der Waals surface area contributed by atoms with Crippen molar-refractivity contribution in [1.29, 1.82) is 0 Å². The van der Waals surface area contributed by atoms with Gasteiger partial charge in [0, 0.05) is 0 Å². The molecule has 0 spiro atoms. The number of nitrogens with zero attached hydrogens (tertiary/aromatic N) is 1. The molecule has 2 N–H and O–H groups in total. The van der Waals surface area contributed by atoms with Gasteiger partial charge in [-0.2, -0.15) is 13.2 Å². The smallest absolute Gasteiger partial charge is 0.416 e. The number of carbonyl (C=O) groups excluding carboxylic acids is 1. The third-order valence-corrected chi connectivity index (χ3v) is 4.08. The van der Waals surface area contributed by atoms with Crippen molar-refractivity contribution >= 4 is 34.6 Å². The maximum atomic E-state index is 12.8. The van der Waals surface area contributed by atoms with Crippen molar-refractivity contribution in [2.24, 2.45) is 4.99 Å². The lowest BCUT2D eigenvalue weighted by atomic mass is 10.2. The molecule has 0 saturated carbocycles. The molecule has 0 unspecified atom stereocenters. The number of alkyl halides is 3. The van der Waals surface area contributed by atoms with Crippen LogP contribution in [0.5, 0.6) is 5.75 Å². The van der Waals surface area contributed by atoms with Crippen LogP contribution in [0.15, 0.2) is 58.4 Å². The Hall–Kier alpha value is -2.74. The lowest BCUT2D eigenvalue weighted by Crippen LogP contribution is -2.18. The molecule has 1 saturated heterocycles. The topological polar surface area (TPSA) is 61.7 Å². The summed E-state index contributed by atoms with van der Waals surface area (Å²) >= 11 is 0.897. The Morgan fingerprint density at radius 1 is 1.12 bits per heavy atom. The number of amidine groups is 1. The second-order valence-electron chi connectivity index (χ2n) is 5.12. The first-order valence-corrected chi connectivity index (χ1v) is 7.89. The van der Waals surface area contributed by atoms with Crippen molar-refractivity contribution < 1.29 is 23.1 Å². The third-order valence-electron chi connectivity index (χ3n) is 3.26. The maximum absolute atomic E-state index is 12.8. The molecular formula is C17H11F3N2O2S. The summed E-state index contributed by atoms with van der Waals surface area (Å²) in [4.78, 5) is 16.2. The molecule has 3 rings (SSSR count). The second kappa shape index (κ2) is 6.64. The van der Waals surface area contributed by atoms with Gasteiger partial charge in [-0.1, -0.05) is 18.2 Å². The summed E-state index contributed by atoms with van der Waals surface area (Å²) in [5.74, 6) is 0.288. The highest BCUT2D eigenvalue weighted by molar-refractivity contribution is 8.18. The molecule has 0 atom stereocenters. The molecule has 0 aliphatic carbocycles. The van der Waals surface area contributed by atoms with E-state index in [1.54, 1.807) is 18.2 Å². The molecular weight excluding hydrogens is 353 g/mol. The SMILES string of the molecule is O=C1NC(=Nc2cccc(C(F)(F)F)c2)/C(=C/c2ccc(O)cc2)S1. The van der Waals surface area contributed by atoms with E-state index in [0.717, 1.165) is 23.9 Å². The van der Waals surface area contributed by atoms with Gasteiger partial charge in [-0.15, -0.1) is 0 Å². The first kappa shape index (κ1) is 17.1. The Morgan fingerprint density at radius 3 is 2.52 bits per heavy atom. The highest BCUT2D eigenvalue weighted by atomic mass is 32.2. The van der Waals surface area contributed by atoms with Gasteiger partial charge in [0.2, 0.25) is 0 Å². The number of carbonyl (C=O) groups is 1. The van der Waals surface area contributed by atoms with Gasteiger partial charge >= 0.3 is 6.18 Å². The molecule has 2 aromatic rings. The first-order chi connectivity index (χ1) is 11.8. The molecule has 0 bridgehead atoms. The van der Waals surface area contributed by atoms with Gasteiger partial charge in [0.1, 0.15) is 11.6 Å². The lowest BCUT2D eigenvalue weighted by Gasteiger charge is -2.07. The predicted octanol–water partition coefficient (Wildman–Crippen LogP) is 4.94. The number of phenolic OH excluding ortho intramolecular Hbond substituents is 1. The van der Waals surface area contributed by atoms with Gasteiger partial charge in [0.05, 0.1) is 16.2 Å². The Bertz CT molecular complexity index is 874. The highest BCUT2D eigenvalue weighted by Crippen LogP contribution is 2.33. The molecule has 1 amide bonds. The molecule has 1 aliphatic rings. The number of aromatic hydroxyl groups is 1. The molecule has 1 aliphatic heterocycles. The molecule has 0 aromatic heterocycles. The fourth-order valence-electron chi connectivity index (χ4n) is 2.12. The largest absolute Gasteiger partial charge is 0.508 e. The average molecular weight is 364 g/mol. The van der Waals surface area contributed by atoms with Gasteiger partial charge in [0.15, 0.2) is 0 Å². The van der Waals surface area contributed by atoms with Crippen molar-refractivity contribution in [2.45, 2.75) is 6.18 Å². The Morgan fingerprint density at radius 2 is 1.84 bits per heavy atom. The Kier molecular flexibility index (Phi) is 4.54. The van der Waals surface area contributed by atoms with Crippen molar-refractivity contribution in [3.8, 4) is 5.75 Å². The van der Waals surface area contributed by atoms with Crippen LogP contribution in [-0.4, -0.2) is 16.2 Å². The third kappa shape index (κ3) is 4.21. The van der Waals surface area contributed by atoms with Crippen molar-refractivity contribution in [1.82, 2.24) is 5.32 Å². The van der Waals surface area contributed by atoms with Gasteiger partial charge in [-0.3, -0.25) is 4.79 Å². The van der Waals surface area contributed by atoms with E-state index >= 15 is 0 Å². The molecule has 1 heterocycles. The van der Waals surface area contributed by atoms with Crippen LogP contribution in [0.2, 0.25) is 0 Å². The monoisotopic (exact) mass is 364 g/mol. The summed E-state index contributed by atoms with van der Waals surface area (Å²) in [5.41, 5.74) is -0.00633. The van der Waals surface area contributed by atoms with E-state index in [9.17, 15) is 23.1 Å². The zero-order valence-electron chi connectivity index (χ0n) is 12.5. The first-order valence-electron chi connectivity index (χ1n) is 7.07. The fraction of sp³-hybridized carbons (Fsp3) is 0.0588. The minimum atomic E-state index is -4.46. The van der Waals surface area contributed by atoms with E-state index < -0.39 is 11.7 Å². The van der Waals surface area contributed by atoms with E-state index in [-0.39, 0.29) is 22.5 Å². The van der Waals surface area contributed by atoms with E-state index in [0.29, 0.717) is 10.5 Å². The van der Waals surface area contributed by atoms with Crippen molar-refractivity contribution in [3.05, 3.63) is 64.6 Å². The van der Waals surface area contributed by atoms with E-state index in [1.165, 1.54) is 24.3 Å². The summed E-state index contributed by atoms with van der Waals surface area (Å²) in [5, 5.41) is 11.4. The van der Waals surface area contributed by atoms with Crippen LogP contribution in [0.25, 0.3) is 6.08 Å². The average Bonchev–Trinajstić information content (AvgIpc) is 2.88. The standard InChI is InChI=1S/C17H11F3N2O2S/c18-17(19,20)11-2-1-3-12(9-11)21-15-14(25-16(24)22-15)8-10-4-6-13(23)7-5-10/h1-9,23H,(H,21,22,24)/b14-8-. The van der Waals surface area contributed by atoms with E-state index in [1.807, 2.05) is 0 Å². The maximum Gasteiger partial charge on any atom is 0.416 e.